The van der Waals surface area contributed by atoms with Gasteiger partial charge in [0.2, 0.25) is 0 Å². The van der Waals surface area contributed by atoms with E-state index in [1.54, 1.807) is 0 Å². The number of ether oxygens (including phenoxy) is 2. The average Bonchev–Trinajstić information content (AvgIpc) is 2.41. The van der Waals surface area contributed by atoms with Crippen molar-refractivity contribution in [2.24, 2.45) is 0 Å². The van der Waals surface area contributed by atoms with E-state index in [1.165, 1.54) is 32.2 Å². The van der Waals surface area contributed by atoms with Gasteiger partial charge in [-0.3, -0.25) is 4.79 Å². The van der Waals surface area contributed by atoms with Gasteiger partial charge in [-0.05, 0) is 25.1 Å². The van der Waals surface area contributed by atoms with Crippen molar-refractivity contribution in [2.75, 3.05) is 26.0 Å². The molecule has 110 valence electrons. The van der Waals surface area contributed by atoms with Crippen molar-refractivity contribution >= 4 is 29.2 Å². The monoisotopic (exact) mass is 300 g/mol. The molecule has 0 aliphatic carbocycles. The second-order valence-corrected chi connectivity index (χ2v) is 4.47. The minimum absolute atomic E-state index is 0.239. The molecule has 1 rings (SSSR count). The molecule has 0 bridgehead atoms. The SMILES string of the molecule is COCCNC(=O)C(C)OC(=O)c1ccc(Cl)c(N)c1. The minimum Gasteiger partial charge on any atom is -0.449 e. The Balaban J connectivity index is 2.56. The molecule has 1 unspecified atom stereocenters. The Labute approximate surface area is 122 Å². The number of amides is 1. The van der Waals surface area contributed by atoms with Gasteiger partial charge < -0.3 is 20.5 Å². The number of esters is 1. The van der Waals surface area contributed by atoms with Crippen LogP contribution in [0.4, 0.5) is 5.69 Å². The van der Waals surface area contributed by atoms with E-state index in [0.29, 0.717) is 18.2 Å². The number of benzene rings is 1. The van der Waals surface area contributed by atoms with Crippen molar-refractivity contribution in [2.45, 2.75) is 13.0 Å². The van der Waals surface area contributed by atoms with Crippen LogP contribution < -0.4 is 11.1 Å². The van der Waals surface area contributed by atoms with Crippen LogP contribution in [0.5, 0.6) is 0 Å². The normalized spacial score (nSPS) is 11.8. The van der Waals surface area contributed by atoms with Gasteiger partial charge in [-0.25, -0.2) is 4.79 Å². The quantitative estimate of drug-likeness (QED) is 0.468. The zero-order valence-electron chi connectivity index (χ0n) is 11.3. The molecule has 0 aliphatic rings. The molecule has 1 aromatic rings. The summed E-state index contributed by atoms with van der Waals surface area (Å²) in [4.78, 5) is 23.4. The molecule has 3 N–H and O–H groups in total. The van der Waals surface area contributed by atoms with Crippen LogP contribution in [0.2, 0.25) is 5.02 Å². The summed E-state index contributed by atoms with van der Waals surface area (Å²) in [7, 11) is 1.53. The number of nitrogens with two attached hydrogens (primary N) is 1. The molecule has 1 atom stereocenters. The number of carbonyl (C=O) groups is 2. The summed E-state index contributed by atoms with van der Waals surface area (Å²) in [5.74, 6) is -1.03. The molecule has 1 aromatic carbocycles. The highest BCUT2D eigenvalue weighted by Gasteiger charge is 2.18. The molecule has 0 heterocycles. The lowest BCUT2D eigenvalue weighted by molar-refractivity contribution is -0.129. The van der Waals surface area contributed by atoms with Crippen LogP contribution in [0, 0.1) is 0 Å². The maximum atomic E-state index is 11.8. The molecule has 7 heteroatoms. The second kappa shape index (κ2) is 7.72. The third kappa shape index (κ3) is 4.71. The topological polar surface area (TPSA) is 90.6 Å². The fourth-order valence-electron chi connectivity index (χ4n) is 1.37. The van der Waals surface area contributed by atoms with Crippen LogP contribution in [0.25, 0.3) is 0 Å². The van der Waals surface area contributed by atoms with Gasteiger partial charge in [0.1, 0.15) is 0 Å². The van der Waals surface area contributed by atoms with Gasteiger partial charge in [-0.1, -0.05) is 11.6 Å². The number of methoxy groups -OCH3 is 1. The number of anilines is 1. The molecule has 0 saturated carbocycles. The Morgan fingerprint density at radius 1 is 1.45 bits per heavy atom. The highest BCUT2D eigenvalue weighted by atomic mass is 35.5. The molecule has 0 aliphatic heterocycles. The molecule has 6 nitrogen and oxygen atoms in total. The van der Waals surface area contributed by atoms with E-state index in [2.05, 4.69) is 5.32 Å². The summed E-state index contributed by atoms with van der Waals surface area (Å²) in [6, 6.07) is 4.38. The second-order valence-electron chi connectivity index (χ2n) is 4.07. The predicted octanol–water partition coefficient (Wildman–Crippen LogP) is 1.23. The molecule has 0 fully saturated rings. The number of carbonyl (C=O) groups excluding carboxylic acids is 2. The highest BCUT2D eigenvalue weighted by Crippen LogP contribution is 2.20. The predicted molar refractivity (Wildman–Crippen MR) is 75.6 cm³/mol. The Kier molecular flexibility index (Phi) is 6.27. The zero-order valence-corrected chi connectivity index (χ0v) is 12.1. The molecular formula is C13H17ClN2O4. The van der Waals surface area contributed by atoms with Crippen molar-refractivity contribution in [3.05, 3.63) is 28.8 Å². The number of nitrogen functional groups attached to an aromatic ring is 1. The lowest BCUT2D eigenvalue weighted by Gasteiger charge is -2.13. The van der Waals surface area contributed by atoms with Gasteiger partial charge in [0.05, 0.1) is 22.9 Å². The smallest absolute Gasteiger partial charge is 0.338 e. The third-order valence-electron chi connectivity index (χ3n) is 2.49. The van der Waals surface area contributed by atoms with E-state index >= 15 is 0 Å². The highest BCUT2D eigenvalue weighted by molar-refractivity contribution is 6.33. The molecule has 20 heavy (non-hydrogen) atoms. The first-order valence-corrected chi connectivity index (χ1v) is 6.36. The van der Waals surface area contributed by atoms with Crippen molar-refractivity contribution in [1.29, 1.82) is 0 Å². The van der Waals surface area contributed by atoms with Crippen LogP contribution in [0.15, 0.2) is 18.2 Å². The maximum absolute atomic E-state index is 11.8. The number of nitrogens with one attached hydrogen (secondary N) is 1. The number of hydrogen-bond donors (Lipinski definition) is 2. The first-order chi connectivity index (χ1) is 9.45. The van der Waals surface area contributed by atoms with Crippen LogP contribution in [-0.2, 0) is 14.3 Å². The van der Waals surface area contributed by atoms with Crippen LogP contribution in [-0.4, -0.2) is 38.2 Å². The summed E-state index contributed by atoms with van der Waals surface area (Å²) in [5.41, 5.74) is 6.11. The molecule has 1 amide bonds. The van der Waals surface area contributed by atoms with Crippen molar-refractivity contribution in [3.63, 3.8) is 0 Å². The summed E-state index contributed by atoms with van der Waals surface area (Å²) >= 11 is 5.76. The van der Waals surface area contributed by atoms with E-state index in [4.69, 9.17) is 26.8 Å². The molecule has 0 aromatic heterocycles. The molecule has 0 saturated heterocycles. The molecule has 0 spiro atoms. The van der Waals surface area contributed by atoms with Gasteiger partial charge in [0, 0.05) is 13.7 Å². The van der Waals surface area contributed by atoms with Gasteiger partial charge >= 0.3 is 5.97 Å². The Morgan fingerprint density at radius 2 is 2.15 bits per heavy atom. The summed E-state index contributed by atoms with van der Waals surface area (Å²) in [6.07, 6.45) is -0.906. The fraction of sp³-hybridized carbons (Fsp3) is 0.385. The van der Waals surface area contributed by atoms with Crippen molar-refractivity contribution in [3.8, 4) is 0 Å². The van der Waals surface area contributed by atoms with Crippen LogP contribution >= 0.6 is 11.6 Å². The van der Waals surface area contributed by atoms with E-state index in [1.807, 2.05) is 0 Å². The zero-order chi connectivity index (χ0) is 15.1. The number of halogens is 1. The Hall–Kier alpha value is -1.79. The van der Waals surface area contributed by atoms with E-state index in [9.17, 15) is 9.59 Å². The fourth-order valence-corrected chi connectivity index (χ4v) is 1.49. The third-order valence-corrected chi connectivity index (χ3v) is 2.83. The number of hydrogen-bond acceptors (Lipinski definition) is 5. The first kappa shape index (κ1) is 16.3. The summed E-state index contributed by atoms with van der Waals surface area (Å²) < 4.78 is 9.83. The van der Waals surface area contributed by atoms with Crippen LogP contribution in [0.3, 0.4) is 0 Å². The van der Waals surface area contributed by atoms with E-state index in [0.717, 1.165) is 0 Å². The molecule has 0 radical (unpaired) electrons. The van der Waals surface area contributed by atoms with E-state index in [-0.39, 0.29) is 11.3 Å². The van der Waals surface area contributed by atoms with Crippen LogP contribution in [0.1, 0.15) is 17.3 Å². The Morgan fingerprint density at radius 3 is 2.75 bits per heavy atom. The maximum Gasteiger partial charge on any atom is 0.338 e. The average molecular weight is 301 g/mol. The van der Waals surface area contributed by atoms with Crippen molar-refractivity contribution < 1.29 is 19.1 Å². The van der Waals surface area contributed by atoms with Gasteiger partial charge in [-0.2, -0.15) is 0 Å². The van der Waals surface area contributed by atoms with Gasteiger partial charge in [-0.15, -0.1) is 0 Å². The summed E-state index contributed by atoms with van der Waals surface area (Å²) in [6.45, 7) is 2.23. The van der Waals surface area contributed by atoms with Gasteiger partial charge in [0.15, 0.2) is 6.10 Å². The Bertz CT molecular complexity index is 493. The van der Waals surface area contributed by atoms with Gasteiger partial charge in [0.25, 0.3) is 5.91 Å². The van der Waals surface area contributed by atoms with Crippen molar-refractivity contribution in [1.82, 2.24) is 5.32 Å². The lowest BCUT2D eigenvalue weighted by atomic mass is 10.2. The summed E-state index contributed by atoms with van der Waals surface area (Å²) in [5, 5.41) is 2.93. The molecular weight excluding hydrogens is 284 g/mol. The lowest BCUT2D eigenvalue weighted by Crippen LogP contribution is -2.37. The number of rotatable bonds is 6. The first-order valence-electron chi connectivity index (χ1n) is 5.98. The standard InChI is InChI=1S/C13H17ClN2O4/c1-8(12(17)16-5-6-19-2)20-13(18)9-3-4-10(14)11(15)7-9/h3-4,7-8H,5-6,15H2,1-2H3,(H,16,17). The van der Waals surface area contributed by atoms with E-state index < -0.39 is 18.0 Å². The minimum atomic E-state index is -0.906. The largest absolute Gasteiger partial charge is 0.449 e.